The van der Waals surface area contributed by atoms with Gasteiger partial charge in [-0.05, 0) is 24.2 Å². The Bertz CT molecular complexity index is 86.0. The first-order chi connectivity index (χ1) is 4.25. The highest BCUT2D eigenvalue weighted by Gasteiger charge is 2.27. The first-order valence-electron chi connectivity index (χ1n) is 4.25. The maximum Gasteiger partial charge on any atom is -0.0388 e. The van der Waals surface area contributed by atoms with Crippen LogP contribution in [0.4, 0.5) is 0 Å². The third-order valence-electron chi connectivity index (χ3n) is 3.16. The van der Waals surface area contributed by atoms with Gasteiger partial charge in [0.25, 0.3) is 0 Å². The van der Waals surface area contributed by atoms with E-state index in [9.17, 15) is 0 Å². The number of hydrogen-bond donors (Lipinski definition) is 0. The van der Waals surface area contributed by atoms with Crippen LogP contribution in [-0.2, 0) is 0 Å². The molecule has 0 nitrogen and oxygen atoms in total. The Balaban J connectivity index is 2.41. The van der Waals surface area contributed by atoms with Crippen LogP contribution in [-0.4, -0.2) is 0 Å². The van der Waals surface area contributed by atoms with E-state index in [0.717, 1.165) is 17.8 Å². The Morgan fingerprint density at radius 1 is 1.22 bits per heavy atom. The van der Waals surface area contributed by atoms with Gasteiger partial charge in [0.1, 0.15) is 0 Å². The average Bonchev–Trinajstić information content (AvgIpc) is 2.15. The molecule has 0 unspecified atom stereocenters. The van der Waals surface area contributed by atoms with Crippen molar-refractivity contribution in [3.8, 4) is 0 Å². The summed E-state index contributed by atoms with van der Waals surface area (Å²) in [6.07, 6.45) is 4.35. The Kier molecular flexibility index (Phi) is 2.15. The molecule has 1 rings (SSSR count). The van der Waals surface area contributed by atoms with Crippen molar-refractivity contribution in [2.24, 2.45) is 17.8 Å². The summed E-state index contributed by atoms with van der Waals surface area (Å²) in [6.45, 7) is 7.12. The van der Waals surface area contributed by atoms with Crippen molar-refractivity contribution in [3.63, 3.8) is 0 Å². The zero-order valence-corrected chi connectivity index (χ0v) is 6.85. The van der Waals surface area contributed by atoms with E-state index in [1.165, 1.54) is 19.3 Å². The van der Waals surface area contributed by atoms with Crippen molar-refractivity contribution in [1.29, 1.82) is 0 Å². The Labute approximate surface area is 58.7 Å². The lowest BCUT2D eigenvalue weighted by molar-refractivity contribution is 0.349. The van der Waals surface area contributed by atoms with Crippen LogP contribution in [0.25, 0.3) is 0 Å². The fraction of sp³-hybridized carbons (Fsp3) is 1.00. The van der Waals surface area contributed by atoms with Crippen LogP contribution in [0.2, 0.25) is 0 Å². The lowest BCUT2D eigenvalue weighted by Crippen LogP contribution is -2.07. The van der Waals surface area contributed by atoms with Crippen molar-refractivity contribution < 1.29 is 0 Å². The molecule has 0 heterocycles. The van der Waals surface area contributed by atoms with Crippen LogP contribution in [0.15, 0.2) is 0 Å². The molecule has 0 aromatic rings. The lowest BCUT2D eigenvalue weighted by atomic mass is 9.91. The minimum absolute atomic E-state index is 0.995. The summed E-state index contributed by atoms with van der Waals surface area (Å²) in [5, 5.41) is 0. The van der Waals surface area contributed by atoms with E-state index in [4.69, 9.17) is 0 Å². The summed E-state index contributed by atoms with van der Waals surface area (Å²) < 4.78 is 0. The van der Waals surface area contributed by atoms with Crippen molar-refractivity contribution in [2.45, 2.75) is 40.0 Å². The largest absolute Gasteiger partial charge is 0.0651 e. The minimum Gasteiger partial charge on any atom is -0.0651 e. The molecule has 0 aromatic heterocycles. The number of hydrogen-bond acceptors (Lipinski definition) is 0. The van der Waals surface area contributed by atoms with Crippen molar-refractivity contribution >= 4 is 0 Å². The van der Waals surface area contributed by atoms with Gasteiger partial charge in [-0.25, -0.2) is 0 Å². The van der Waals surface area contributed by atoms with Crippen molar-refractivity contribution in [3.05, 3.63) is 0 Å². The molecule has 0 amide bonds. The van der Waals surface area contributed by atoms with Gasteiger partial charge in [-0.2, -0.15) is 0 Å². The van der Waals surface area contributed by atoms with E-state index in [0.29, 0.717) is 0 Å². The maximum atomic E-state index is 2.41. The maximum absolute atomic E-state index is 2.41. The molecule has 1 saturated carbocycles. The predicted molar refractivity (Wildman–Crippen MR) is 41.3 cm³/mol. The molecule has 0 aromatic carbocycles. The molecule has 0 saturated heterocycles. The summed E-state index contributed by atoms with van der Waals surface area (Å²) in [7, 11) is 0. The van der Waals surface area contributed by atoms with Crippen molar-refractivity contribution in [1.82, 2.24) is 0 Å². The minimum atomic E-state index is 0.995. The fourth-order valence-electron chi connectivity index (χ4n) is 2.04. The van der Waals surface area contributed by atoms with Gasteiger partial charge in [0.2, 0.25) is 0 Å². The molecular weight excluding hydrogens is 108 g/mol. The molecule has 3 atom stereocenters. The molecule has 0 bridgehead atoms. The molecule has 1 aliphatic carbocycles. The van der Waals surface area contributed by atoms with Crippen molar-refractivity contribution in [2.75, 3.05) is 0 Å². The second kappa shape index (κ2) is 2.72. The molecule has 0 radical (unpaired) electrons. The van der Waals surface area contributed by atoms with E-state index >= 15 is 0 Å². The molecule has 0 spiro atoms. The van der Waals surface area contributed by atoms with E-state index in [1.54, 1.807) is 0 Å². The van der Waals surface area contributed by atoms with Crippen LogP contribution in [0.5, 0.6) is 0 Å². The normalized spacial score (nSPS) is 43.7. The molecule has 1 aliphatic rings. The zero-order valence-electron chi connectivity index (χ0n) is 6.85. The highest BCUT2D eigenvalue weighted by molar-refractivity contribution is 4.78. The van der Waals surface area contributed by atoms with Gasteiger partial charge in [-0.1, -0.05) is 33.6 Å². The summed E-state index contributed by atoms with van der Waals surface area (Å²) in [6, 6.07) is 0. The van der Waals surface area contributed by atoms with Crippen LogP contribution in [0, 0.1) is 17.8 Å². The summed E-state index contributed by atoms with van der Waals surface area (Å²) >= 11 is 0. The highest BCUT2D eigenvalue weighted by atomic mass is 14.3. The first kappa shape index (κ1) is 7.11. The van der Waals surface area contributed by atoms with Gasteiger partial charge in [-0.15, -0.1) is 0 Å². The van der Waals surface area contributed by atoms with Crippen LogP contribution in [0.1, 0.15) is 40.0 Å². The van der Waals surface area contributed by atoms with Gasteiger partial charge in [0.15, 0.2) is 0 Å². The molecule has 9 heavy (non-hydrogen) atoms. The van der Waals surface area contributed by atoms with Crippen LogP contribution in [0.3, 0.4) is 0 Å². The zero-order chi connectivity index (χ0) is 6.85. The van der Waals surface area contributed by atoms with Crippen LogP contribution >= 0.6 is 0 Å². The SMILES string of the molecule is CC[C@H]1CC[C@@H](C)[C@H]1C. The third-order valence-corrected chi connectivity index (χ3v) is 3.16. The molecule has 0 aliphatic heterocycles. The van der Waals surface area contributed by atoms with E-state index < -0.39 is 0 Å². The molecular formula is C9H18. The van der Waals surface area contributed by atoms with Gasteiger partial charge < -0.3 is 0 Å². The summed E-state index contributed by atoms with van der Waals surface area (Å²) in [4.78, 5) is 0. The first-order valence-corrected chi connectivity index (χ1v) is 4.25. The predicted octanol–water partition coefficient (Wildman–Crippen LogP) is 3.08. The second-order valence-electron chi connectivity index (χ2n) is 3.58. The summed E-state index contributed by atoms with van der Waals surface area (Å²) in [5.41, 5.74) is 0. The van der Waals surface area contributed by atoms with Gasteiger partial charge >= 0.3 is 0 Å². The fourth-order valence-corrected chi connectivity index (χ4v) is 2.04. The van der Waals surface area contributed by atoms with E-state index in [1.807, 2.05) is 0 Å². The van der Waals surface area contributed by atoms with E-state index in [-0.39, 0.29) is 0 Å². The average molecular weight is 126 g/mol. The molecule has 54 valence electrons. The molecule has 1 fully saturated rings. The second-order valence-corrected chi connectivity index (χ2v) is 3.58. The van der Waals surface area contributed by atoms with Gasteiger partial charge in [0, 0.05) is 0 Å². The molecule has 0 N–H and O–H groups in total. The topological polar surface area (TPSA) is 0 Å². The monoisotopic (exact) mass is 126 g/mol. The summed E-state index contributed by atoms with van der Waals surface area (Å²) in [5.74, 6) is 3.03. The van der Waals surface area contributed by atoms with Gasteiger partial charge in [0.05, 0.1) is 0 Å². The smallest absolute Gasteiger partial charge is 0.0388 e. The number of rotatable bonds is 1. The standard InChI is InChI=1S/C9H18/c1-4-9-6-5-7(2)8(9)3/h7-9H,4-6H2,1-3H3/t7-,8-,9+/m1/s1. The van der Waals surface area contributed by atoms with Crippen LogP contribution < -0.4 is 0 Å². The quantitative estimate of drug-likeness (QED) is 0.506. The lowest BCUT2D eigenvalue weighted by Gasteiger charge is -2.15. The highest BCUT2D eigenvalue weighted by Crippen LogP contribution is 2.37. The van der Waals surface area contributed by atoms with Gasteiger partial charge in [-0.3, -0.25) is 0 Å². The third kappa shape index (κ3) is 1.28. The Morgan fingerprint density at radius 2 is 1.89 bits per heavy atom. The Hall–Kier alpha value is 0. The molecule has 0 heteroatoms. The van der Waals surface area contributed by atoms with E-state index in [2.05, 4.69) is 20.8 Å². The Morgan fingerprint density at radius 3 is 2.11 bits per heavy atom.